The lowest BCUT2D eigenvalue weighted by atomic mass is 10.1. The maximum atomic E-state index is 13.7. The molecule has 2 aromatic carbocycles. The van der Waals surface area contributed by atoms with Crippen molar-refractivity contribution in [3.05, 3.63) is 65.2 Å². The van der Waals surface area contributed by atoms with Gasteiger partial charge in [-0.05, 0) is 49.2 Å². The molecule has 26 heavy (non-hydrogen) atoms. The Balaban J connectivity index is 0.00000338. The molecule has 4 nitrogen and oxygen atoms in total. The predicted molar refractivity (Wildman–Crippen MR) is 111 cm³/mol. The second-order valence-corrected chi connectivity index (χ2v) is 5.46. The molecule has 0 aliphatic heterocycles. The molecule has 0 radical (unpaired) electrons. The lowest BCUT2D eigenvalue weighted by Crippen LogP contribution is -2.38. The van der Waals surface area contributed by atoms with Crippen molar-refractivity contribution >= 4 is 29.9 Å². The Hall–Kier alpha value is -1.90. The first-order chi connectivity index (χ1) is 12.1. The quantitative estimate of drug-likeness (QED) is 0.363. The summed E-state index contributed by atoms with van der Waals surface area (Å²) in [6.07, 6.45) is 0.808. The van der Waals surface area contributed by atoms with Crippen molar-refractivity contribution in [2.75, 3.05) is 20.2 Å². The van der Waals surface area contributed by atoms with Crippen LogP contribution in [0.4, 0.5) is 8.78 Å². The molecule has 2 rings (SSSR count). The van der Waals surface area contributed by atoms with Crippen LogP contribution >= 0.6 is 24.0 Å². The van der Waals surface area contributed by atoms with Crippen molar-refractivity contribution in [1.29, 1.82) is 0 Å². The third-order valence-corrected chi connectivity index (χ3v) is 3.62. The van der Waals surface area contributed by atoms with Crippen LogP contribution < -0.4 is 15.4 Å². The zero-order chi connectivity index (χ0) is 18.1. The highest BCUT2D eigenvalue weighted by molar-refractivity contribution is 14.0. The summed E-state index contributed by atoms with van der Waals surface area (Å²) in [5.74, 6) is 0.465. The van der Waals surface area contributed by atoms with E-state index in [1.54, 1.807) is 7.11 Å². The Morgan fingerprint density at radius 3 is 2.46 bits per heavy atom. The monoisotopic (exact) mass is 475 g/mol. The topological polar surface area (TPSA) is 45.7 Å². The van der Waals surface area contributed by atoms with E-state index in [1.807, 2.05) is 31.2 Å². The maximum absolute atomic E-state index is 13.7. The van der Waals surface area contributed by atoms with E-state index in [9.17, 15) is 8.78 Å². The van der Waals surface area contributed by atoms with E-state index in [-0.39, 0.29) is 36.1 Å². The van der Waals surface area contributed by atoms with E-state index < -0.39 is 11.6 Å². The number of benzene rings is 2. The van der Waals surface area contributed by atoms with Gasteiger partial charge in [0.05, 0.1) is 13.7 Å². The minimum absolute atomic E-state index is 0. The second-order valence-electron chi connectivity index (χ2n) is 5.46. The molecule has 0 spiro atoms. The SMILES string of the molecule is CCNC(=NCc1cc(F)ccc1F)NCCc1ccc(OC)cc1.I. The van der Waals surface area contributed by atoms with Gasteiger partial charge in [-0.15, -0.1) is 24.0 Å². The molecule has 142 valence electrons. The number of nitrogens with zero attached hydrogens (tertiary/aromatic N) is 1. The van der Waals surface area contributed by atoms with Gasteiger partial charge in [-0.1, -0.05) is 12.1 Å². The average Bonchev–Trinajstić information content (AvgIpc) is 2.63. The summed E-state index contributed by atoms with van der Waals surface area (Å²) in [6, 6.07) is 11.2. The Labute approximate surface area is 170 Å². The number of methoxy groups -OCH3 is 1. The summed E-state index contributed by atoms with van der Waals surface area (Å²) in [6.45, 7) is 3.37. The summed E-state index contributed by atoms with van der Waals surface area (Å²) in [4.78, 5) is 4.31. The van der Waals surface area contributed by atoms with Gasteiger partial charge in [0.25, 0.3) is 0 Å². The average molecular weight is 475 g/mol. The molecule has 0 heterocycles. The van der Waals surface area contributed by atoms with Crippen molar-refractivity contribution in [2.45, 2.75) is 19.9 Å². The molecule has 0 saturated carbocycles. The number of halogens is 3. The van der Waals surface area contributed by atoms with Crippen molar-refractivity contribution in [2.24, 2.45) is 4.99 Å². The molecule has 0 amide bonds. The molecular weight excluding hydrogens is 451 g/mol. The molecule has 2 aromatic rings. The highest BCUT2D eigenvalue weighted by Gasteiger charge is 2.04. The van der Waals surface area contributed by atoms with Gasteiger partial charge in [-0.25, -0.2) is 13.8 Å². The summed E-state index contributed by atoms with van der Waals surface area (Å²) in [5.41, 5.74) is 1.40. The Morgan fingerprint density at radius 1 is 1.08 bits per heavy atom. The number of hydrogen-bond acceptors (Lipinski definition) is 2. The number of guanidine groups is 1. The summed E-state index contributed by atoms with van der Waals surface area (Å²) >= 11 is 0. The first-order valence-electron chi connectivity index (χ1n) is 8.21. The third-order valence-electron chi connectivity index (χ3n) is 3.62. The number of aliphatic imine (C=N–C) groups is 1. The van der Waals surface area contributed by atoms with Gasteiger partial charge in [-0.3, -0.25) is 0 Å². The van der Waals surface area contributed by atoms with Crippen molar-refractivity contribution in [3.8, 4) is 5.75 Å². The van der Waals surface area contributed by atoms with Gasteiger partial charge in [0.2, 0.25) is 0 Å². The zero-order valence-corrected chi connectivity index (χ0v) is 17.2. The van der Waals surface area contributed by atoms with Gasteiger partial charge in [0.15, 0.2) is 5.96 Å². The molecule has 0 bridgehead atoms. The normalized spacial score (nSPS) is 10.8. The first-order valence-corrected chi connectivity index (χ1v) is 8.21. The van der Waals surface area contributed by atoms with Crippen LogP contribution in [0, 0.1) is 11.6 Å². The lowest BCUT2D eigenvalue weighted by Gasteiger charge is -2.12. The van der Waals surface area contributed by atoms with E-state index in [1.165, 1.54) is 11.6 Å². The van der Waals surface area contributed by atoms with Gasteiger partial charge >= 0.3 is 0 Å². The molecule has 0 saturated heterocycles. The first kappa shape index (κ1) is 22.1. The molecule has 7 heteroatoms. The molecule has 0 aromatic heterocycles. The molecule has 0 aliphatic rings. The third kappa shape index (κ3) is 7.15. The standard InChI is InChI=1S/C19H23F2N3O.HI/c1-3-22-19(24-13-15-12-16(20)6-9-18(15)21)23-11-10-14-4-7-17(25-2)8-5-14;/h4-9,12H,3,10-11,13H2,1-2H3,(H2,22,23,24);1H. The molecule has 0 fully saturated rings. The van der Waals surface area contributed by atoms with Gasteiger partial charge in [-0.2, -0.15) is 0 Å². The van der Waals surface area contributed by atoms with Gasteiger partial charge < -0.3 is 15.4 Å². The van der Waals surface area contributed by atoms with Crippen molar-refractivity contribution < 1.29 is 13.5 Å². The molecule has 0 aliphatic carbocycles. The van der Waals surface area contributed by atoms with E-state index >= 15 is 0 Å². The van der Waals surface area contributed by atoms with Crippen molar-refractivity contribution in [1.82, 2.24) is 10.6 Å². The van der Waals surface area contributed by atoms with Gasteiger partial charge in [0.1, 0.15) is 17.4 Å². The summed E-state index contributed by atoms with van der Waals surface area (Å²) in [5, 5.41) is 6.29. The van der Waals surface area contributed by atoms with Gasteiger partial charge in [0, 0.05) is 18.7 Å². The Bertz CT molecular complexity index is 708. The van der Waals surface area contributed by atoms with Crippen LogP contribution in [0.2, 0.25) is 0 Å². The van der Waals surface area contributed by atoms with Crippen LogP contribution in [0.15, 0.2) is 47.5 Å². The minimum atomic E-state index is -0.468. The van der Waals surface area contributed by atoms with E-state index in [0.29, 0.717) is 19.0 Å². The highest BCUT2D eigenvalue weighted by Crippen LogP contribution is 2.12. The van der Waals surface area contributed by atoms with Crippen LogP contribution in [0.25, 0.3) is 0 Å². The van der Waals surface area contributed by atoms with Crippen LogP contribution in [0.1, 0.15) is 18.1 Å². The van der Waals surface area contributed by atoms with E-state index in [4.69, 9.17) is 4.74 Å². The molecule has 0 atom stereocenters. The highest BCUT2D eigenvalue weighted by atomic mass is 127. The number of ether oxygens (including phenoxy) is 1. The largest absolute Gasteiger partial charge is 0.497 e. The fourth-order valence-corrected chi connectivity index (χ4v) is 2.29. The summed E-state index contributed by atoms with van der Waals surface area (Å²) in [7, 11) is 1.64. The van der Waals surface area contributed by atoms with E-state index in [0.717, 1.165) is 24.3 Å². The van der Waals surface area contributed by atoms with Crippen molar-refractivity contribution in [3.63, 3.8) is 0 Å². The number of hydrogen-bond donors (Lipinski definition) is 2. The second kappa shape index (κ2) is 11.7. The Morgan fingerprint density at radius 2 is 1.81 bits per heavy atom. The molecule has 2 N–H and O–H groups in total. The predicted octanol–water partition coefficient (Wildman–Crippen LogP) is 3.89. The van der Waals surface area contributed by atoms with Crippen LogP contribution in [0.3, 0.4) is 0 Å². The zero-order valence-electron chi connectivity index (χ0n) is 14.9. The maximum Gasteiger partial charge on any atom is 0.191 e. The minimum Gasteiger partial charge on any atom is -0.497 e. The number of rotatable bonds is 7. The van der Waals surface area contributed by atoms with Crippen LogP contribution in [-0.4, -0.2) is 26.2 Å². The van der Waals surface area contributed by atoms with E-state index in [2.05, 4.69) is 15.6 Å². The lowest BCUT2D eigenvalue weighted by molar-refractivity contribution is 0.414. The Kier molecular flexibility index (Phi) is 9.93. The smallest absolute Gasteiger partial charge is 0.191 e. The van der Waals surface area contributed by atoms with Crippen LogP contribution in [0.5, 0.6) is 5.75 Å². The molecule has 0 unspecified atom stereocenters. The fraction of sp³-hybridized carbons (Fsp3) is 0.316. The summed E-state index contributed by atoms with van der Waals surface area (Å²) < 4.78 is 32.0. The molecular formula is C19H24F2IN3O. The fourth-order valence-electron chi connectivity index (χ4n) is 2.29. The van der Waals surface area contributed by atoms with Crippen LogP contribution in [-0.2, 0) is 13.0 Å². The number of nitrogens with one attached hydrogen (secondary N) is 2.